The van der Waals surface area contributed by atoms with Crippen LogP contribution in [0.2, 0.25) is 5.02 Å². The first-order valence-corrected chi connectivity index (χ1v) is 7.40. The first-order valence-electron chi connectivity index (χ1n) is 5.90. The van der Waals surface area contributed by atoms with Crippen LogP contribution < -0.4 is 0 Å². The summed E-state index contributed by atoms with van der Waals surface area (Å²) in [6.45, 7) is 4.70. The summed E-state index contributed by atoms with van der Waals surface area (Å²) in [5.41, 5.74) is 0.676. The summed E-state index contributed by atoms with van der Waals surface area (Å²) in [5.74, 6) is -0.287. The molecule has 96 valence electrons. The summed E-state index contributed by atoms with van der Waals surface area (Å²) in [6, 6.07) is 5.18. The van der Waals surface area contributed by atoms with Gasteiger partial charge in [-0.3, -0.25) is 4.90 Å². The van der Waals surface area contributed by atoms with E-state index >= 15 is 0 Å². The SMILES string of the molecule is CCCCN(CCBr)Cc1cccc(Cl)c1F. The van der Waals surface area contributed by atoms with Crippen LogP contribution in [0.25, 0.3) is 0 Å². The second-order valence-corrected chi connectivity index (χ2v) is 5.23. The van der Waals surface area contributed by atoms with Gasteiger partial charge in [-0.2, -0.15) is 0 Å². The van der Waals surface area contributed by atoms with Crippen LogP contribution in [0.4, 0.5) is 4.39 Å². The third kappa shape index (κ3) is 4.94. The zero-order valence-electron chi connectivity index (χ0n) is 10.1. The molecule has 4 heteroatoms. The fourth-order valence-corrected chi connectivity index (χ4v) is 2.38. The van der Waals surface area contributed by atoms with Crippen LogP contribution in [0.5, 0.6) is 0 Å². The van der Waals surface area contributed by atoms with Crippen molar-refractivity contribution in [2.45, 2.75) is 26.3 Å². The Balaban J connectivity index is 2.67. The van der Waals surface area contributed by atoms with Crippen LogP contribution in [-0.2, 0) is 6.54 Å². The van der Waals surface area contributed by atoms with Gasteiger partial charge in [0.1, 0.15) is 5.82 Å². The van der Waals surface area contributed by atoms with Gasteiger partial charge in [0, 0.05) is 24.0 Å². The molecule has 0 fully saturated rings. The van der Waals surface area contributed by atoms with Crippen LogP contribution in [0.3, 0.4) is 0 Å². The van der Waals surface area contributed by atoms with Crippen molar-refractivity contribution in [3.63, 3.8) is 0 Å². The van der Waals surface area contributed by atoms with Crippen molar-refractivity contribution in [3.8, 4) is 0 Å². The van der Waals surface area contributed by atoms with Gasteiger partial charge in [-0.15, -0.1) is 0 Å². The van der Waals surface area contributed by atoms with Crippen LogP contribution in [0.1, 0.15) is 25.3 Å². The van der Waals surface area contributed by atoms with Gasteiger partial charge in [-0.1, -0.05) is 53.0 Å². The summed E-state index contributed by atoms with van der Waals surface area (Å²) in [6.07, 6.45) is 2.28. The van der Waals surface area contributed by atoms with Gasteiger partial charge < -0.3 is 0 Å². The highest BCUT2D eigenvalue weighted by Gasteiger charge is 2.10. The summed E-state index contributed by atoms with van der Waals surface area (Å²) in [5, 5.41) is 1.11. The minimum Gasteiger partial charge on any atom is -0.298 e. The molecular formula is C13H18BrClFN. The molecule has 1 aromatic carbocycles. The lowest BCUT2D eigenvalue weighted by Crippen LogP contribution is -2.26. The zero-order chi connectivity index (χ0) is 12.7. The number of hydrogen-bond donors (Lipinski definition) is 0. The highest BCUT2D eigenvalue weighted by Crippen LogP contribution is 2.19. The molecule has 0 spiro atoms. The molecule has 0 unspecified atom stereocenters. The fourth-order valence-electron chi connectivity index (χ4n) is 1.68. The summed E-state index contributed by atoms with van der Waals surface area (Å²) >= 11 is 9.20. The van der Waals surface area contributed by atoms with E-state index in [0.29, 0.717) is 12.1 Å². The Hall–Kier alpha value is -0.120. The molecule has 0 bridgehead atoms. The molecule has 0 amide bonds. The Morgan fingerprint density at radius 2 is 2.12 bits per heavy atom. The number of nitrogens with zero attached hydrogens (tertiary/aromatic N) is 1. The Labute approximate surface area is 116 Å². The van der Waals surface area contributed by atoms with Crippen molar-refractivity contribution in [1.82, 2.24) is 4.90 Å². The normalized spacial score (nSPS) is 11.1. The van der Waals surface area contributed by atoms with Gasteiger partial charge in [0.15, 0.2) is 0 Å². The van der Waals surface area contributed by atoms with Gasteiger partial charge in [0.25, 0.3) is 0 Å². The zero-order valence-corrected chi connectivity index (χ0v) is 12.4. The van der Waals surface area contributed by atoms with E-state index in [0.717, 1.165) is 31.3 Å². The molecule has 0 N–H and O–H groups in total. The van der Waals surface area contributed by atoms with Crippen molar-refractivity contribution < 1.29 is 4.39 Å². The lowest BCUT2D eigenvalue weighted by Gasteiger charge is -2.21. The number of alkyl halides is 1. The average Bonchev–Trinajstić information content (AvgIpc) is 2.32. The molecule has 0 aliphatic heterocycles. The fraction of sp³-hybridized carbons (Fsp3) is 0.538. The highest BCUT2D eigenvalue weighted by molar-refractivity contribution is 9.09. The van der Waals surface area contributed by atoms with Gasteiger partial charge in [-0.05, 0) is 19.0 Å². The topological polar surface area (TPSA) is 3.24 Å². The summed E-state index contributed by atoms with van der Waals surface area (Å²) in [4.78, 5) is 2.24. The maximum atomic E-state index is 13.8. The molecule has 1 aromatic rings. The van der Waals surface area contributed by atoms with Crippen LogP contribution in [-0.4, -0.2) is 23.3 Å². The lowest BCUT2D eigenvalue weighted by atomic mass is 10.2. The number of halogens is 3. The summed E-state index contributed by atoms with van der Waals surface area (Å²) in [7, 11) is 0. The molecule has 0 saturated carbocycles. The van der Waals surface area contributed by atoms with Crippen molar-refractivity contribution >= 4 is 27.5 Å². The Bertz CT molecular complexity index is 346. The number of unbranched alkanes of at least 4 members (excludes halogenated alkanes) is 1. The molecule has 0 saturated heterocycles. The Kier molecular flexibility index (Phi) is 7.09. The maximum Gasteiger partial charge on any atom is 0.146 e. The average molecular weight is 323 g/mol. The lowest BCUT2D eigenvalue weighted by molar-refractivity contribution is 0.274. The predicted octanol–water partition coefficient (Wildman–Crippen LogP) is 4.48. The number of hydrogen-bond acceptors (Lipinski definition) is 1. The van der Waals surface area contributed by atoms with E-state index in [9.17, 15) is 4.39 Å². The van der Waals surface area contributed by atoms with E-state index < -0.39 is 0 Å². The second kappa shape index (κ2) is 8.06. The van der Waals surface area contributed by atoms with E-state index in [2.05, 4.69) is 27.8 Å². The minimum atomic E-state index is -0.287. The smallest absolute Gasteiger partial charge is 0.146 e. The van der Waals surface area contributed by atoms with E-state index in [1.54, 1.807) is 18.2 Å². The number of benzene rings is 1. The molecule has 1 nitrogen and oxygen atoms in total. The first-order chi connectivity index (χ1) is 8.19. The third-order valence-corrected chi connectivity index (χ3v) is 3.30. The molecule has 0 heterocycles. The maximum absolute atomic E-state index is 13.8. The standard InChI is InChI=1S/C13H18BrClFN/c1-2-3-8-17(9-7-14)10-11-5-4-6-12(15)13(11)16/h4-6H,2-3,7-10H2,1H3. The van der Waals surface area contributed by atoms with Gasteiger partial charge in [0.05, 0.1) is 5.02 Å². The highest BCUT2D eigenvalue weighted by atomic mass is 79.9. The molecular weight excluding hydrogens is 305 g/mol. The monoisotopic (exact) mass is 321 g/mol. The molecule has 0 radical (unpaired) electrons. The third-order valence-electron chi connectivity index (χ3n) is 2.65. The van der Waals surface area contributed by atoms with Crippen LogP contribution >= 0.6 is 27.5 Å². The van der Waals surface area contributed by atoms with Crippen molar-refractivity contribution in [1.29, 1.82) is 0 Å². The van der Waals surface area contributed by atoms with Crippen LogP contribution in [0, 0.1) is 5.82 Å². The Morgan fingerprint density at radius 3 is 2.76 bits per heavy atom. The number of rotatable bonds is 7. The molecule has 0 aromatic heterocycles. The largest absolute Gasteiger partial charge is 0.298 e. The van der Waals surface area contributed by atoms with Gasteiger partial charge in [0.2, 0.25) is 0 Å². The molecule has 1 rings (SSSR count). The van der Waals surface area contributed by atoms with E-state index in [1.807, 2.05) is 0 Å². The molecule has 17 heavy (non-hydrogen) atoms. The second-order valence-electron chi connectivity index (χ2n) is 4.03. The Morgan fingerprint density at radius 1 is 1.35 bits per heavy atom. The minimum absolute atomic E-state index is 0.205. The molecule has 0 atom stereocenters. The van der Waals surface area contributed by atoms with E-state index in [-0.39, 0.29) is 10.8 Å². The van der Waals surface area contributed by atoms with E-state index in [1.165, 1.54) is 0 Å². The van der Waals surface area contributed by atoms with E-state index in [4.69, 9.17) is 11.6 Å². The van der Waals surface area contributed by atoms with Gasteiger partial charge >= 0.3 is 0 Å². The van der Waals surface area contributed by atoms with Crippen molar-refractivity contribution in [2.75, 3.05) is 18.4 Å². The van der Waals surface area contributed by atoms with Crippen molar-refractivity contribution in [3.05, 3.63) is 34.6 Å². The predicted molar refractivity (Wildman–Crippen MR) is 75.4 cm³/mol. The van der Waals surface area contributed by atoms with Crippen LogP contribution in [0.15, 0.2) is 18.2 Å². The summed E-state index contributed by atoms with van der Waals surface area (Å²) < 4.78 is 13.8. The quantitative estimate of drug-likeness (QED) is 0.669. The van der Waals surface area contributed by atoms with Crippen molar-refractivity contribution in [2.24, 2.45) is 0 Å². The molecule has 0 aliphatic rings. The van der Waals surface area contributed by atoms with Gasteiger partial charge in [-0.25, -0.2) is 4.39 Å². The first kappa shape index (κ1) is 14.9. The molecule has 0 aliphatic carbocycles.